The molecule has 0 aromatic carbocycles. The van der Waals surface area contributed by atoms with E-state index in [2.05, 4.69) is 33.9 Å². The smallest absolute Gasteiger partial charge is 0.309 e. The molecule has 3 aliphatic rings. The van der Waals surface area contributed by atoms with Crippen LogP contribution in [0.25, 0.3) is 0 Å². The zero-order chi connectivity index (χ0) is 38.0. The molecule has 2 saturated heterocycles. The first-order valence-electron chi connectivity index (χ1n) is 19.0. The van der Waals surface area contributed by atoms with Gasteiger partial charge in [0.2, 0.25) is 0 Å². The van der Waals surface area contributed by atoms with Crippen LogP contribution in [0.3, 0.4) is 0 Å². The van der Waals surface area contributed by atoms with Crippen LogP contribution in [0.15, 0.2) is 59.8 Å². The number of ether oxygens (including phenoxy) is 3. The van der Waals surface area contributed by atoms with E-state index in [1.807, 2.05) is 25.2 Å². The Morgan fingerprint density at radius 3 is 2.39 bits per heavy atom. The van der Waals surface area contributed by atoms with Gasteiger partial charge in [-0.25, -0.2) is 0 Å². The van der Waals surface area contributed by atoms with Gasteiger partial charge in [0.1, 0.15) is 29.9 Å². The van der Waals surface area contributed by atoms with Crippen LogP contribution in [0.5, 0.6) is 0 Å². The van der Waals surface area contributed by atoms with Gasteiger partial charge in [-0.1, -0.05) is 89.1 Å². The van der Waals surface area contributed by atoms with Gasteiger partial charge in [0.25, 0.3) is 0 Å². The third kappa shape index (κ3) is 12.5. The van der Waals surface area contributed by atoms with Crippen molar-refractivity contribution in [3.8, 4) is 0 Å². The topological polar surface area (TPSA) is 140 Å². The number of hydrogen-bond donors (Lipinski definition) is 3. The number of aliphatic hydroxyl groups excluding tert-OH is 3. The van der Waals surface area contributed by atoms with Crippen LogP contribution in [0.4, 0.5) is 0 Å². The number of allylic oxidation sites excluding steroid dienone is 4. The molecular formula is C42H64O9. The molecule has 12 atom stereocenters. The molecule has 0 spiro atoms. The molecular weight excluding hydrogens is 648 g/mol. The zero-order valence-corrected chi connectivity index (χ0v) is 32.0. The second-order valence-electron chi connectivity index (χ2n) is 15.5. The first-order chi connectivity index (χ1) is 24.0. The van der Waals surface area contributed by atoms with Crippen molar-refractivity contribution in [2.45, 2.75) is 162 Å². The van der Waals surface area contributed by atoms with Crippen LogP contribution in [0.2, 0.25) is 0 Å². The maximum atomic E-state index is 13.4. The lowest BCUT2D eigenvalue weighted by Gasteiger charge is -2.26. The molecule has 51 heavy (non-hydrogen) atoms. The maximum absolute atomic E-state index is 13.4. The summed E-state index contributed by atoms with van der Waals surface area (Å²) in [5, 5.41) is 33.0. The normalized spacial score (nSPS) is 37.3. The van der Waals surface area contributed by atoms with Gasteiger partial charge in [-0.05, 0) is 69.4 Å². The fraction of sp³-hybridized carbons (Fsp3) is 0.690. The van der Waals surface area contributed by atoms with Crippen LogP contribution in [-0.2, 0) is 28.6 Å². The highest BCUT2D eigenvalue weighted by Gasteiger charge is 2.41. The summed E-state index contributed by atoms with van der Waals surface area (Å²) >= 11 is 0. The minimum Gasteiger partial charge on any atom is -0.455 e. The minimum absolute atomic E-state index is 0.0378. The molecule has 1 unspecified atom stereocenters. The predicted octanol–water partition coefficient (Wildman–Crippen LogP) is 6.69. The predicted molar refractivity (Wildman–Crippen MR) is 199 cm³/mol. The lowest BCUT2D eigenvalue weighted by atomic mass is 9.87. The highest BCUT2D eigenvalue weighted by molar-refractivity contribution is 5.88. The molecule has 3 aliphatic heterocycles. The summed E-state index contributed by atoms with van der Waals surface area (Å²) in [6.45, 7) is 21.8. The number of Topliss-reactive ketones (excluding diaryl/α,β-unsaturated/α-hetero) is 2. The third-order valence-corrected chi connectivity index (χ3v) is 11.3. The Balaban J connectivity index is 1.85. The number of unbranched alkanes of at least 4 members (excludes halogenated alkanes) is 1. The van der Waals surface area contributed by atoms with Gasteiger partial charge in [-0.15, -0.1) is 0 Å². The van der Waals surface area contributed by atoms with Crippen LogP contribution in [-0.4, -0.2) is 81.7 Å². The Morgan fingerprint density at radius 1 is 1.00 bits per heavy atom. The molecule has 0 radical (unpaired) electrons. The molecule has 286 valence electrons. The first kappa shape index (κ1) is 42.7. The zero-order valence-electron chi connectivity index (χ0n) is 32.0. The number of aliphatic hydroxyl groups is 3. The fourth-order valence-corrected chi connectivity index (χ4v) is 7.15. The molecule has 3 rings (SSSR count). The van der Waals surface area contributed by atoms with Crippen LogP contribution in [0.1, 0.15) is 113 Å². The average Bonchev–Trinajstić information content (AvgIpc) is 3.70. The number of carbonyl (C=O) groups excluding carboxylic acids is 3. The van der Waals surface area contributed by atoms with Crippen molar-refractivity contribution in [1.29, 1.82) is 0 Å². The van der Waals surface area contributed by atoms with Gasteiger partial charge < -0.3 is 29.5 Å². The van der Waals surface area contributed by atoms with Crippen molar-refractivity contribution in [3.05, 3.63) is 59.8 Å². The Labute approximate surface area is 305 Å². The molecule has 9 nitrogen and oxygen atoms in total. The summed E-state index contributed by atoms with van der Waals surface area (Å²) in [5.41, 5.74) is 3.25. The Kier molecular flexibility index (Phi) is 16.7. The largest absolute Gasteiger partial charge is 0.455 e. The third-order valence-electron chi connectivity index (χ3n) is 11.3. The summed E-state index contributed by atoms with van der Waals surface area (Å²) in [5.74, 6) is -1.65. The Morgan fingerprint density at radius 2 is 1.71 bits per heavy atom. The molecule has 0 saturated carbocycles. The van der Waals surface area contributed by atoms with Crippen molar-refractivity contribution in [2.75, 3.05) is 0 Å². The van der Waals surface area contributed by atoms with Crippen LogP contribution in [0, 0.1) is 23.7 Å². The first-order valence-corrected chi connectivity index (χ1v) is 19.0. The number of ketones is 2. The van der Waals surface area contributed by atoms with Crippen molar-refractivity contribution < 1.29 is 43.9 Å². The van der Waals surface area contributed by atoms with Gasteiger partial charge >= 0.3 is 5.97 Å². The highest BCUT2D eigenvalue weighted by Crippen LogP contribution is 2.34. The summed E-state index contributed by atoms with van der Waals surface area (Å²) in [4.78, 5) is 39.5. The fourth-order valence-electron chi connectivity index (χ4n) is 7.15. The second-order valence-corrected chi connectivity index (χ2v) is 15.5. The van der Waals surface area contributed by atoms with E-state index in [4.69, 9.17) is 14.2 Å². The summed E-state index contributed by atoms with van der Waals surface area (Å²) in [6.07, 6.45) is 5.79. The van der Waals surface area contributed by atoms with Gasteiger partial charge in [0, 0.05) is 31.1 Å². The molecule has 2 fully saturated rings. The van der Waals surface area contributed by atoms with E-state index in [1.165, 1.54) is 5.57 Å². The maximum Gasteiger partial charge on any atom is 0.309 e. The molecule has 0 aromatic heterocycles. The number of carbonyl (C=O) groups is 3. The SMILES string of the molecule is C=C1/C=C(\C)[C@@H](C)[C@@H](O)CC(=O)[C@@H](C)CC(=O)C[C@H]2CC[C@@H](O2)C(/C=C/C=C(\C)[C@@H](C)C(=C)CCCC)OC(=O)C[C@@H]2O[C@H](C[C@H]2C)[C@H](O)[C@@H]1O. The Bertz CT molecular complexity index is 1330. The molecule has 0 amide bonds. The van der Waals surface area contributed by atoms with E-state index in [0.29, 0.717) is 24.8 Å². The van der Waals surface area contributed by atoms with Crippen molar-refractivity contribution >= 4 is 17.5 Å². The number of cyclic esters (lactones) is 1. The van der Waals surface area contributed by atoms with Crippen LogP contribution >= 0.6 is 0 Å². The van der Waals surface area contributed by atoms with Crippen molar-refractivity contribution in [1.82, 2.24) is 0 Å². The lowest BCUT2D eigenvalue weighted by molar-refractivity contribution is -0.158. The molecule has 3 N–H and O–H groups in total. The van der Waals surface area contributed by atoms with Gasteiger partial charge in [-0.2, -0.15) is 0 Å². The summed E-state index contributed by atoms with van der Waals surface area (Å²) < 4.78 is 18.5. The van der Waals surface area contributed by atoms with E-state index in [0.717, 1.165) is 24.8 Å². The monoisotopic (exact) mass is 712 g/mol. The average molecular weight is 713 g/mol. The summed E-state index contributed by atoms with van der Waals surface area (Å²) in [6, 6.07) is 0. The number of esters is 1. The standard InChI is InChI=1S/C42H64O9/c1-10-11-13-24(2)30(8)25(3)14-12-15-36-37-17-16-33(49-37)21-32(43)19-27(5)34(44)22-35(45)31(9)26(4)18-29(7)41(47)42(48)39-20-28(6)38(50-39)23-40(46)51-36/h12,14-15,18,27-28,30-31,33,35-39,41-42,45,47-48H,2,7,10-11,13,16-17,19-23H2,1,3-6,8-9H3/b15-12+,25-14+,26-18+/t27-,28+,30-,31+,33+,35-,36?,37+,38-,39+,41+,42-/m0/s1. The highest BCUT2D eigenvalue weighted by atomic mass is 16.6. The van der Waals surface area contributed by atoms with E-state index in [-0.39, 0.29) is 60.8 Å². The lowest BCUT2D eigenvalue weighted by Crippen LogP contribution is -2.38. The molecule has 0 aliphatic carbocycles. The van der Waals surface area contributed by atoms with Gasteiger partial charge in [0.05, 0.1) is 36.9 Å². The van der Waals surface area contributed by atoms with Gasteiger partial charge in [-0.3, -0.25) is 14.4 Å². The molecule has 4 bridgehead atoms. The van der Waals surface area contributed by atoms with Gasteiger partial charge in [0.15, 0.2) is 0 Å². The van der Waals surface area contributed by atoms with E-state index >= 15 is 0 Å². The second kappa shape index (κ2) is 20.0. The number of hydrogen-bond acceptors (Lipinski definition) is 9. The molecule has 9 heteroatoms. The van der Waals surface area contributed by atoms with E-state index < -0.39 is 60.5 Å². The minimum atomic E-state index is -1.34. The van der Waals surface area contributed by atoms with E-state index in [1.54, 1.807) is 26.8 Å². The van der Waals surface area contributed by atoms with E-state index in [9.17, 15) is 29.7 Å². The number of rotatable bonds is 7. The number of fused-ring (bicyclic) bond motifs is 4. The Hall–Kier alpha value is -2.69. The quantitative estimate of drug-likeness (QED) is 0.150. The van der Waals surface area contributed by atoms with Crippen molar-refractivity contribution in [3.63, 3.8) is 0 Å². The molecule has 3 heterocycles. The summed E-state index contributed by atoms with van der Waals surface area (Å²) in [7, 11) is 0. The molecule has 0 aromatic rings. The van der Waals surface area contributed by atoms with Crippen molar-refractivity contribution in [2.24, 2.45) is 23.7 Å². The van der Waals surface area contributed by atoms with Crippen LogP contribution < -0.4 is 0 Å².